The van der Waals surface area contributed by atoms with Gasteiger partial charge in [-0.05, 0) is 24.9 Å². The van der Waals surface area contributed by atoms with Crippen LogP contribution in [0.2, 0.25) is 0 Å². The first kappa shape index (κ1) is 16.1. The number of nitrogens with one attached hydrogen (secondary N) is 1. The first-order valence-corrected chi connectivity index (χ1v) is 8.41. The van der Waals surface area contributed by atoms with Crippen molar-refractivity contribution in [2.75, 3.05) is 13.1 Å². The molecule has 0 unspecified atom stereocenters. The van der Waals surface area contributed by atoms with E-state index in [9.17, 15) is 9.18 Å². The fourth-order valence-corrected chi connectivity index (χ4v) is 3.62. The molecule has 1 aliphatic heterocycles. The van der Waals surface area contributed by atoms with Crippen molar-refractivity contribution < 1.29 is 9.18 Å². The van der Waals surface area contributed by atoms with Crippen molar-refractivity contribution in [3.05, 3.63) is 34.6 Å². The Morgan fingerprint density at radius 2 is 2.39 bits per heavy atom. The van der Waals surface area contributed by atoms with Gasteiger partial charge in [0.05, 0.1) is 17.5 Å². The third kappa shape index (κ3) is 3.76. The van der Waals surface area contributed by atoms with Gasteiger partial charge in [0.2, 0.25) is 0 Å². The van der Waals surface area contributed by atoms with Crippen LogP contribution in [0.1, 0.15) is 28.0 Å². The molecule has 2 aromatic heterocycles. The Bertz CT molecular complexity index is 685. The second kappa shape index (κ2) is 6.76. The molecule has 1 N–H and O–H groups in total. The van der Waals surface area contributed by atoms with Crippen LogP contribution in [0.25, 0.3) is 0 Å². The fourth-order valence-electron chi connectivity index (χ4n) is 2.93. The zero-order valence-corrected chi connectivity index (χ0v) is 14.0. The van der Waals surface area contributed by atoms with Crippen LogP contribution in [-0.4, -0.2) is 50.3 Å². The smallest absolute Gasteiger partial charge is 0.254 e. The van der Waals surface area contributed by atoms with E-state index >= 15 is 0 Å². The van der Waals surface area contributed by atoms with Crippen molar-refractivity contribution >= 4 is 17.4 Å². The summed E-state index contributed by atoms with van der Waals surface area (Å²) < 4.78 is 19.7. The third-order valence-electron chi connectivity index (χ3n) is 4.11. The molecule has 3 rings (SSSR count). The number of rotatable bonds is 5. The van der Waals surface area contributed by atoms with Gasteiger partial charge >= 0.3 is 0 Å². The molecule has 0 aliphatic carbocycles. The van der Waals surface area contributed by atoms with E-state index in [1.54, 1.807) is 16.3 Å². The largest absolute Gasteiger partial charge is 0.350 e. The maximum atomic E-state index is 13.8. The summed E-state index contributed by atoms with van der Waals surface area (Å²) in [5, 5.41) is 8.79. The predicted molar refractivity (Wildman–Crippen MR) is 86.1 cm³/mol. The maximum Gasteiger partial charge on any atom is 0.254 e. The van der Waals surface area contributed by atoms with Crippen molar-refractivity contribution in [1.82, 2.24) is 24.4 Å². The van der Waals surface area contributed by atoms with E-state index in [-0.39, 0.29) is 11.9 Å². The monoisotopic (exact) mass is 337 g/mol. The molecule has 0 saturated carbocycles. The molecular weight excluding hydrogens is 317 g/mol. The van der Waals surface area contributed by atoms with Crippen LogP contribution in [0, 0.1) is 6.92 Å². The molecule has 1 aliphatic rings. The van der Waals surface area contributed by atoms with Gasteiger partial charge in [0.25, 0.3) is 5.91 Å². The van der Waals surface area contributed by atoms with Crippen LogP contribution in [0.15, 0.2) is 17.8 Å². The lowest BCUT2D eigenvalue weighted by Gasteiger charge is -2.23. The molecule has 23 heavy (non-hydrogen) atoms. The number of carbonyl (C=O) groups is 1. The molecule has 124 valence electrons. The second-order valence-electron chi connectivity index (χ2n) is 5.96. The molecule has 0 radical (unpaired) electrons. The predicted octanol–water partition coefficient (Wildman–Crippen LogP) is 1.53. The fraction of sp³-hybridized carbons (Fsp3) is 0.533. The Morgan fingerprint density at radius 3 is 3.04 bits per heavy atom. The molecule has 1 saturated heterocycles. The first-order valence-electron chi connectivity index (χ1n) is 7.57. The van der Waals surface area contributed by atoms with Gasteiger partial charge in [-0.1, -0.05) is 0 Å². The molecule has 8 heteroatoms. The molecule has 1 amide bonds. The van der Waals surface area contributed by atoms with Crippen LogP contribution in [-0.2, 0) is 13.6 Å². The molecule has 1 fully saturated rings. The van der Waals surface area contributed by atoms with Crippen LogP contribution in [0.5, 0.6) is 0 Å². The topological polar surface area (TPSA) is 63.1 Å². The lowest BCUT2D eigenvalue weighted by Crippen LogP contribution is -2.39. The molecular formula is C15H20FN5OS. The lowest BCUT2D eigenvalue weighted by molar-refractivity contribution is 0.0939. The number of likely N-dealkylation sites (tertiary alicyclic amines) is 1. The van der Waals surface area contributed by atoms with Gasteiger partial charge < -0.3 is 5.32 Å². The quantitative estimate of drug-likeness (QED) is 0.899. The molecule has 0 aromatic carbocycles. The van der Waals surface area contributed by atoms with Crippen LogP contribution in [0.4, 0.5) is 4.39 Å². The maximum absolute atomic E-state index is 13.8. The molecule has 3 heterocycles. The normalized spacial score (nSPS) is 21.7. The molecule has 0 spiro atoms. The standard InChI is InChI=1S/C15H20FN5OS/c1-10-14(9-23-19-10)15(22)17-5-13-3-12(16)8-21(13)7-11-4-18-20(2)6-11/h4,6,9,12-13H,3,5,7-8H2,1-2H3,(H,17,22)/t12-,13-/m0/s1. The molecule has 2 aromatic rings. The van der Waals surface area contributed by atoms with E-state index in [0.717, 1.165) is 11.3 Å². The van der Waals surface area contributed by atoms with Gasteiger partial charge in [0.15, 0.2) is 0 Å². The lowest BCUT2D eigenvalue weighted by atomic mass is 10.2. The van der Waals surface area contributed by atoms with Gasteiger partial charge in [0, 0.05) is 49.9 Å². The van der Waals surface area contributed by atoms with Crippen molar-refractivity contribution in [3.63, 3.8) is 0 Å². The van der Waals surface area contributed by atoms with Gasteiger partial charge in [-0.15, -0.1) is 0 Å². The zero-order chi connectivity index (χ0) is 16.4. The Morgan fingerprint density at radius 1 is 1.57 bits per heavy atom. The molecule has 0 bridgehead atoms. The van der Waals surface area contributed by atoms with Crippen LogP contribution in [0.3, 0.4) is 0 Å². The SMILES string of the molecule is Cc1nscc1C(=O)NC[C@@H]1C[C@H](F)CN1Cc1cnn(C)c1. The van der Waals surface area contributed by atoms with Crippen molar-refractivity contribution in [2.45, 2.75) is 32.1 Å². The summed E-state index contributed by atoms with van der Waals surface area (Å²) in [5.41, 5.74) is 2.38. The first-order chi connectivity index (χ1) is 11.0. The van der Waals surface area contributed by atoms with Crippen molar-refractivity contribution in [2.24, 2.45) is 7.05 Å². The minimum Gasteiger partial charge on any atom is -0.350 e. The summed E-state index contributed by atoms with van der Waals surface area (Å²) in [6.45, 7) is 3.30. The average Bonchev–Trinajstić information content (AvgIpc) is 3.18. The summed E-state index contributed by atoms with van der Waals surface area (Å²) in [6.07, 6.45) is 3.32. The van der Waals surface area contributed by atoms with Crippen molar-refractivity contribution in [3.8, 4) is 0 Å². The van der Waals surface area contributed by atoms with Crippen molar-refractivity contribution in [1.29, 1.82) is 0 Å². The number of halogens is 1. The number of hydrogen-bond acceptors (Lipinski definition) is 5. The van der Waals surface area contributed by atoms with E-state index in [2.05, 4.69) is 19.7 Å². The number of nitrogens with zero attached hydrogens (tertiary/aromatic N) is 4. The van der Waals surface area contributed by atoms with E-state index in [4.69, 9.17) is 0 Å². The Labute approximate surface area is 138 Å². The Kier molecular flexibility index (Phi) is 4.72. The summed E-state index contributed by atoms with van der Waals surface area (Å²) in [7, 11) is 1.86. The Balaban J connectivity index is 1.59. The second-order valence-corrected chi connectivity index (χ2v) is 6.59. The zero-order valence-electron chi connectivity index (χ0n) is 13.2. The Hall–Kier alpha value is -1.80. The summed E-state index contributed by atoms with van der Waals surface area (Å²) >= 11 is 1.27. The van der Waals surface area contributed by atoms with Gasteiger partial charge in [-0.25, -0.2) is 4.39 Å². The number of amides is 1. The highest BCUT2D eigenvalue weighted by molar-refractivity contribution is 7.03. The summed E-state index contributed by atoms with van der Waals surface area (Å²) in [6, 6.07) is 0.000979. The van der Waals surface area contributed by atoms with Gasteiger partial charge in [-0.2, -0.15) is 9.47 Å². The number of aryl methyl sites for hydroxylation is 2. The summed E-state index contributed by atoms with van der Waals surface area (Å²) in [5.74, 6) is -0.139. The number of hydrogen-bond donors (Lipinski definition) is 1. The third-order valence-corrected chi connectivity index (χ3v) is 4.83. The highest BCUT2D eigenvalue weighted by atomic mass is 32.1. The van der Waals surface area contributed by atoms with E-state index < -0.39 is 6.17 Å². The minimum atomic E-state index is -0.849. The van der Waals surface area contributed by atoms with Crippen LogP contribution >= 0.6 is 11.5 Å². The van der Waals surface area contributed by atoms with E-state index in [1.807, 2.05) is 20.2 Å². The highest BCUT2D eigenvalue weighted by Gasteiger charge is 2.32. The minimum absolute atomic E-state index is 0.000979. The highest BCUT2D eigenvalue weighted by Crippen LogP contribution is 2.22. The molecule has 6 nitrogen and oxygen atoms in total. The number of aromatic nitrogens is 3. The molecule has 2 atom stereocenters. The number of alkyl halides is 1. The van der Waals surface area contributed by atoms with E-state index in [1.165, 1.54) is 11.5 Å². The number of carbonyl (C=O) groups excluding carboxylic acids is 1. The van der Waals surface area contributed by atoms with E-state index in [0.29, 0.717) is 31.6 Å². The van der Waals surface area contributed by atoms with Crippen LogP contribution < -0.4 is 5.32 Å². The van der Waals surface area contributed by atoms with Gasteiger partial charge in [0.1, 0.15) is 6.17 Å². The average molecular weight is 337 g/mol. The van der Waals surface area contributed by atoms with Gasteiger partial charge in [-0.3, -0.25) is 14.4 Å². The summed E-state index contributed by atoms with van der Waals surface area (Å²) in [4.78, 5) is 14.2.